The Morgan fingerprint density at radius 2 is 0.815 bits per heavy atom. The molecule has 0 heterocycles. The highest BCUT2D eigenvalue weighted by Gasteiger charge is 2.81. The fourth-order valence-electron chi connectivity index (χ4n) is 1.75. The van der Waals surface area contributed by atoms with E-state index in [4.69, 9.17) is 10.2 Å². The van der Waals surface area contributed by atoms with E-state index in [9.17, 15) is 65.9 Å². The summed E-state index contributed by atoms with van der Waals surface area (Å²) < 4.78 is 188. The van der Waals surface area contributed by atoms with Crippen LogP contribution in [0.15, 0.2) is 0 Å². The van der Waals surface area contributed by atoms with Crippen molar-refractivity contribution in [3.63, 3.8) is 0 Å². The van der Waals surface area contributed by atoms with E-state index in [0.717, 1.165) is 0 Å². The Kier molecular flexibility index (Phi) is 6.45. The van der Waals surface area contributed by atoms with E-state index in [0.29, 0.717) is 0 Å². The van der Waals surface area contributed by atoms with Crippen LogP contribution in [0.25, 0.3) is 0 Å². The SMILES string of the molecule is OC(CCC(O)(C(F)(F)F)C(F)(F)C(F)(F)F)(C(F)(F)F)C(F)(F)C(F)F. The topological polar surface area (TPSA) is 40.5 Å². The van der Waals surface area contributed by atoms with Crippen LogP contribution in [-0.2, 0) is 0 Å². The second-order valence-electron chi connectivity index (χ2n) is 5.21. The fourth-order valence-corrected chi connectivity index (χ4v) is 1.75. The summed E-state index contributed by atoms with van der Waals surface area (Å²) in [6, 6.07) is 0. The minimum Gasteiger partial charge on any atom is -0.376 e. The van der Waals surface area contributed by atoms with Gasteiger partial charge in [-0.3, -0.25) is 0 Å². The highest BCUT2D eigenvalue weighted by atomic mass is 19.4. The van der Waals surface area contributed by atoms with Crippen molar-refractivity contribution < 1.29 is 76.1 Å². The molecule has 0 aliphatic heterocycles. The Morgan fingerprint density at radius 3 is 1.04 bits per heavy atom. The predicted octanol–water partition coefficient (Wildman–Crippen LogP) is 4.45. The largest absolute Gasteiger partial charge is 0.456 e. The highest BCUT2D eigenvalue weighted by Crippen LogP contribution is 2.55. The summed E-state index contributed by atoms with van der Waals surface area (Å²) >= 11 is 0. The molecule has 0 saturated carbocycles. The Labute approximate surface area is 138 Å². The molecule has 0 bridgehead atoms. The Hall–Kier alpha value is -1.13. The molecule has 2 atom stereocenters. The van der Waals surface area contributed by atoms with Crippen LogP contribution in [0.1, 0.15) is 12.8 Å². The number of rotatable bonds is 6. The van der Waals surface area contributed by atoms with Crippen molar-refractivity contribution in [1.29, 1.82) is 0 Å². The number of hydrogen-bond donors (Lipinski definition) is 2. The first-order valence-corrected chi connectivity index (χ1v) is 6.09. The number of halogens is 15. The van der Waals surface area contributed by atoms with Gasteiger partial charge in [-0.15, -0.1) is 0 Å². The van der Waals surface area contributed by atoms with Crippen LogP contribution >= 0.6 is 0 Å². The van der Waals surface area contributed by atoms with Crippen molar-refractivity contribution in [2.75, 3.05) is 0 Å². The molecule has 0 spiro atoms. The molecule has 0 aromatic heterocycles. The molecule has 0 aliphatic rings. The van der Waals surface area contributed by atoms with Gasteiger partial charge in [0.1, 0.15) is 0 Å². The van der Waals surface area contributed by atoms with Gasteiger partial charge >= 0.3 is 36.8 Å². The maximum Gasteiger partial charge on any atom is 0.456 e. The molecule has 2 unspecified atom stereocenters. The van der Waals surface area contributed by atoms with Gasteiger partial charge in [0.05, 0.1) is 0 Å². The molecule has 0 fully saturated rings. The Morgan fingerprint density at radius 1 is 0.519 bits per heavy atom. The fraction of sp³-hybridized carbons (Fsp3) is 1.00. The molecule has 17 heteroatoms. The standard InChI is InChI=1S/C10H7F15O2/c11-3(12)6(13,14)4(26,8(17,18)19)1-2-5(27,9(20,21)22)7(15,16)10(23,24)25/h3,26-27H,1-2H2. The van der Waals surface area contributed by atoms with Crippen molar-refractivity contribution in [1.82, 2.24) is 0 Å². The lowest BCUT2D eigenvalue weighted by Crippen LogP contribution is -2.67. The first-order chi connectivity index (χ1) is 11.4. The quantitative estimate of drug-likeness (QED) is 0.595. The van der Waals surface area contributed by atoms with Crippen LogP contribution in [0.4, 0.5) is 65.9 Å². The first-order valence-electron chi connectivity index (χ1n) is 6.09. The molecular weight excluding hydrogens is 437 g/mol. The molecule has 0 radical (unpaired) electrons. The van der Waals surface area contributed by atoms with Crippen LogP contribution < -0.4 is 0 Å². The second kappa shape index (κ2) is 6.73. The average molecular weight is 444 g/mol. The molecule has 2 nitrogen and oxygen atoms in total. The number of aliphatic hydroxyl groups is 2. The summed E-state index contributed by atoms with van der Waals surface area (Å²) in [6.07, 6.45) is -33.7. The molecule has 0 aliphatic carbocycles. The lowest BCUT2D eigenvalue weighted by atomic mass is 9.81. The van der Waals surface area contributed by atoms with Crippen molar-refractivity contribution in [3.05, 3.63) is 0 Å². The summed E-state index contributed by atoms with van der Waals surface area (Å²) in [4.78, 5) is 0. The average Bonchev–Trinajstić information content (AvgIpc) is 2.39. The summed E-state index contributed by atoms with van der Waals surface area (Å²) in [7, 11) is 0. The van der Waals surface area contributed by atoms with Gasteiger partial charge in [-0.05, 0) is 12.8 Å². The van der Waals surface area contributed by atoms with Crippen molar-refractivity contribution in [2.24, 2.45) is 0 Å². The molecule has 27 heavy (non-hydrogen) atoms. The van der Waals surface area contributed by atoms with Crippen molar-refractivity contribution in [2.45, 2.75) is 60.8 Å². The highest BCUT2D eigenvalue weighted by molar-refractivity contribution is 5.07. The van der Waals surface area contributed by atoms with Gasteiger partial charge < -0.3 is 10.2 Å². The summed E-state index contributed by atoms with van der Waals surface area (Å²) in [5.41, 5.74) is -12.6. The summed E-state index contributed by atoms with van der Waals surface area (Å²) in [6.45, 7) is 0. The van der Waals surface area contributed by atoms with Crippen LogP contribution in [0.3, 0.4) is 0 Å². The van der Waals surface area contributed by atoms with Gasteiger partial charge in [-0.1, -0.05) is 0 Å². The van der Waals surface area contributed by atoms with E-state index in [2.05, 4.69) is 0 Å². The van der Waals surface area contributed by atoms with Gasteiger partial charge in [0.15, 0.2) is 0 Å². The summed E-state index contributed by atoms with van der Waals surface area (Å²) in [5.74, 6) is -13.9. The van der Waals surface area contributed by atoms with E-state index in [1.54, 1.807) is 0 Å². The van der Waals surface area contributed by atoms with E-state index >= 15 is 0 Å². The van der Waals surface area contributed by atoms with Gasteiger partial charge in [0.2, 0.25) is 11.2 Å². The molecule has 0 amide bonds. The lowest BCUT2D eigenvalue weighted by molar-refractivity contribution is -0.410. The van der Waals surface area contributed by atoms with Crippen LogP contribution in [0.2, 0.25) is 0 Å². The van der Waals surface area contributed by atoms with Crippen molar-refractivity contribution >= 4 is 0 Å². The smallest absolute Gasteiger partial charge is 0.376 e. The first kappa shape index (κ1) is 25.9. The van der Waals surface area contributed by atoms with E-state index < -0.39 is 60.8 Å². The zero-order chi connectivity index (χ0) is 22.5. The van der Waals surface area contributed by atoms with E-state index in [-0.39, 0.29) is 0 Å². The number of hydrogen-bond acceptors (Lipinski definition) is 2. The third-order valence-corrected chi connectivity index (χ3v) is 3.49. The van der Waals surface area contributed by atoms with Gasteiger partial charge in [0.25, 0.3) is 0 Å². The van der Waals surface area contributed by atoms with Gasteiger partial charge in [-0.25, -0.2) is 8.78 Å². The third-order valence-electron chi connectivity index (χ3n) is 3.49. The molecule has 0 saturated heterocycles. The monoisotopic (exact) mass is 444 g/mol. The van der Waals surface area contributed by atoms with E-state index in [1.165, 1.54) is 0 Å². The molecule has 0 aromatic rings. The molecular formula is C10H7F15O2. The third kappa shape index (κ3) is 4.02. The lowest BCUT2D eigenvalue weighted by Gasteiger charge is -2.41. The van der Waals surface area contributed by atoms with E-state index in [1.807, 2.05) is 0 Å². The minimum atomic E-state index is -7.25. The predicted molar refractivity (Wildman–Crippen MR) is 53.2 cm³/mol. The molecule has 0 rings (SSSR count). The maximum atomic E-state index is 13.0. The van der Waals surface area contributed by atoms with Gasteiger partial charge in [-0.2, -0.15) is 57.1 Å². The molecule has 2 N–H and O–H groups in total. The Balaban J connectivity index is 6.32. The summed E-state index contributed by atoms with van der Waals surface area (Å²) in [5, 5.41) is 17.5. The second-order valence-corrected chi connectivity index (χ2v) is 5.21. The van der Waals surface area contributed by atoms with Crippen LogP contribution in [0, 0.1) is 0 Å². The van der Waals surface area contributed by atoms with Crippen LogP contribution in [0.5, 0.6) is 0 Å². The Bertz CT molecular complexity index is 518. The molecule has 0 aromatic carbocycles. The zero-order valence-electron chi connectivity index (χ0n) is 12.1. The normalized spacial score (nSPS) is 19.8. The van der Waals surface area contributed by atoms with Gasteiger partial charge in [0, 0.05) is 0 Å². The van der Waals surface area contributed by atoms with Crippen LogP contribution in [-0.4, -0.2) is 58.2 Å². The number of alkyl halides is 15. The van der Waals surface area contributed by atoms with Crippen molar-refractivity contribution in [3.8, 4) is 0 Å². The minimum absolute atomic E-state index is 3.48. The molecule has 164 valence electrons. The maximum absolute atomic E-state index is 13.0. The zero-order valence-corrected chi connectivity index (χ0v) is 12.1.